The number of hydrogen-bond acceptors (Lipinski definition) is 5. The zero-order chi connectivity index (χ0) is 14.4. The Hall–Kier alpha value is -2.44. The van der Waals surface area contributed by atoms with Crippen molar-refractivity contribution >= 4 is 18.1 Å². The first-order valence-electron chi connectivity index (χ1n) is 6.40. The summed E-state index contributed by atoms with van der Waals surface area (Å²) < 4.78 is 0. The average molecular weight is 275 g/mol. The summed E-state index contributed by atoms with van der Waals surface area (Å²) in [6.07, 6.45) is 5.50. The molecule has 2 heterocycles. The Kier molecular flexibility index (Phi) is 4.65. The van der Waals surface area contributed by atoms with E-state index in [1.54, 1.807) is 17.2 Å². The van der Waals surface area contributed by atoms with Crippen molar-refractivity contribution in [2.45, 2.75) is 0 Å². The summed E-state index contributed by atoms with van der Waals surface area (Å²) in [5.74, 6) is 0.450. The van der Waals surface area contributed by atoms with Crippen molar-refractivity contribution in [2.75, 3.05) is 37.6 Å². The average Bonchev–Trinajstić information content (AvgIpc) is 2.53. The number of rotatable bonds is 5. The highest BCUT2D eigenvalue weighted by atomic mass is 16.2. The van der Waals surface area contributed by atoms with Gasteiger partial charge in [0, 0.05) is 32.7 Å². The first kappa shape index (κ1) is 14.0. The maximum absolute atomic E-state index is 11.7. The molecule has 1 aliphatic heterocycles. The number of carbonyl (C=O) groups excluding carboxylic acids is 2. The van der Waals surface area contributed by atoms with Crippen molar-refractivity contribution < 1.29 is 9.59 Å². The molecule has 1 aromatic rings. The lowest BCUT2D eigenvalue weighted by Crippen LogP contribution is -2.46. The van der Waals surface area contributed by atoms with Gasteiger partial charge in [-0.3, -0.25) is 9.59 Å². The highest BCUT2D eigenvalue weighted by Crippen LogP contribution is 2.11. The van der Waals surface area contributed by atoms with E-state index in [0.29, 0.717) is 19.6 Å². The zero-order valence-corrected chi connectivity index (χ0v) is 11.2. The smallest absolute Gasteiger partial charge is 0.271 e. The van der Waals surface area contributed by atoms with Gasteiger partial charge in [-0.1, -0.05) is 6.08 Å². The molecule has 1 aromatic heterocycles. The minimum Gasteiger partial charge on any atom is -0.352 e. The fourth-order valence-corrected chi connectivity index (χ4v) is 1.91. The quantitative estimate of drug-likeness (QED) is 0.588. The van der Waals surface area contributed by atoms with Crippen LogP contribution in [-0.2, 0) is 4.79 Å². The minimum absolute atomic E-state index is 0.269. The van der Waals surface area contributed by atoms with Crippen molar-refractivity contribution in [3.05, 3.63) is 30.7 Å². The standard InChI is InChI=1S/C13H17N5O2/c1-2-3-14-13(20)11-8-16-12(9-15-11)18-6-4-17(10-19)5-7-18/h2,8-10H,1,3-7H2,(H,14,20). The van der Waals surface area contributed by atoms with Crippen molar-refractivity contribution in [2.24, 2.45) is 0 Å². The predicted molar refractivity (Wildman–Crippen MR) is 74.4 cm³/mol. The topological polar surface area (TPSA) is 78.4 Å². The maximum Gasteiger partial charge on any atom is 0.271 e. The van der Waals surface area contributed by atoms with Crippen LogP contribution >= 0.6 is 0 Å². The molecule has 0 atom stereocenters. The molecular formula is C13H17N5O2. The normalized spacial score (nSPS) is 14.8. The second-order valence-electron chi connectivity index (χ2n) is 4.39. The van der Waals surface area contributed by atoms with Gasteiger partial charge < -0.3 is 15.1 Å². The third-order valence-corrected chi connectivity index (χ3v) is 3.07. The van der Waals surface area contributed by atoms with E-state index in [1.807, 2.05) is 4.90 Å². The van der Waals surface area contributed by atoms with E-state index in [2.05, 4.69) is 21.9 Å². The number of nitrogens with zero attached hydrogens (tertiary/aromatic N) is 4. The predicted octanol–water partition coefficient (Wildman–Crippen LogP) is -0.329. The molecule has 7 nitrogen and oxygen atoms in total. The molecular weight excluding hydrogens is 258 g/mol. The zero-order valence-electron chi connectivity index (χ0n) is 11.2. The molecule has 0 aliphatic carbocycles. The largest absolute Gasteiger partial charge is 0.352 e. The summed E-state index contributed by atoms with van der Waals surface area (Å²) in [6.45, 7) is 6.71. The highest BCUT2D eigenvalue weighted by Gasteiger charge is 2.17. The molecule has 1 aliphatic rings. The second-order valence-corrected chi connectivity index (χ2v) is 4.39. The van der Waals surface area contributed by atoms with Crippen molar-refractivity contribution in [1.82, 2.24) is 20.2 Å². The van der Waals surface area contributed by atoms with Gasteiger partial charge >= 0.3 is 0 Å². The Morgan fingerprint density at radius 1 is 1.30 bits per heavy atom. The van der Waals surface area contributed by atoms with E-state index in [-0.39, 0.29) is 11.6 Å². The molecule has 106 valence electrons. The van der Waals surface area contributed by atoms with E-state index < -0.39 is 0 Å². The van der Waals surface area contributed by atoms with Crippen LogP contribution < -0.4 is 10.2 Å². The molecule has 1 N–H and O–H groups in total. The number of carbonyl (C=O) groups is 2. The summed E-state index contributed by atoms with van der Waals surface area (Å²) in [5.41, 5.74) is 0.280. The number of nitrogens with one attached hydrogen (secondary N) is 1. The number of amides is 2. The second kappa shape index (κ2) is 6.65. The Labute approximate surface area is 117 Å². The number of anilines is 1. The molecule has 2 amide bonds. The lowest BCUT2D eigenvalue weighted by Gasteiger charge is -2.33. The first-order valence-corrected chi connectivity index (χ1v) is 6.40. The van der Waals surface area contributed by atoms with Crippen LogP contribution in [0.2, 0.25) is 0 Å². The van der Waals surface area contributed by atoms with E-state index in [9.17, 15) is 9.59 Å². The lowest BCUT2D eigenvalue weighted by molar-refractivity contribution is -0.118. The summed E-state index contributed by atoms with van der Waals surface area (Å²) in [5, 5.41) is 2.64. The summed E-state index contributed by atoms with van der Waals surface area (Å²) in [7, 11) is 0. The molecule has 0 spiro atoms. The molecule has 2 rings (SSSR count). The maximum atomic E-state index is 11.7. The molecule has 0 bridgehead atoms. The SMILES string of the molecule is C=CCNC(=O)c1cnc(N2CCN(C=O)CC2)cn1. The molecule has 7 heteroatoms. The van der Waals surface area contributed by atoms with Crippen molar-refractivity contribution in [1.29, 1.82) is 0 Å². The van der Waals surface area contributed by atoms with Crippen LogP contribution in [0.5, 0.6) is 0 Å². The van der Waals surface area contributed by atoms with Crippen LogP contribution in [0.15, 0.2) is 25.0 Å². The Bertz CT molecular complexity index is 480. The molecule has 0 aromatic carbocycles. The third kappa shape index (κ3) is 3.31. The van der Waals surface area contributed by atoms with Gasteiger partial charge in [-0.2, -0.15) is 0 Å². The van der Waals surface area contributed by atoms with Gasteiger partial charge in [0.25, 0.3) is 5.91 Å². The summed E-state index contributed by atoms with van der Waals surface area (Å²) >= 11 is 0. The lowest BCUT2D eigenvalue weighted by atomic mass is 10.3. The van der Waals surface area contributed by atoms with Gasteiger partial charge in [0.1, 0.15) is 11.5 Å². The molecule has 1 saturated heterocycles. The van der Waals surface area contributed by atoms with Crippen LogP contribution in [-0.4, -0.2) is 59.9 Å². The van der Waals surface area contributed by atoms with E-state index in [4.69, 9.17) is 0 Å². The first-order chi connectivity index (χ1) is 9.74. The summed E-state index contributed by atoms with van der Waals surface area (Å²) in [6, 6.07) is 0. The minimum atomic E-state index is -0.269. The number of piperazine rings is 1. The van der Waals surface area contributed by atoms with Gasteiger partial charge in [0.05, 0.1) is 12.4 Å². The molecule has 1 fully saturated rings. The van der Waals surface area contributed by atoms with E-state index in [1.165, 1.54) is 6.20 Å². The fraction of sp³-hybridized carbons (Fsp3) is 0.385. The van der Waals surface area contributed by atoms with Crippen LogP contribution in [0.1, 0.15) is 10.5 Å². The molecule has 0 saturated carbocycles. The van der Waals surface area contributed by atoms with E-state index >= 15 is 0 Å². The van der Waals surface area contributed by atoms with Crippen molar-refractivity contribution in [3.63, 3.8) is 0 Å². The van der Waals surface area contributed by atoms with Gasteiger partial charge in [0.2, 0.25) is 6.41 Å². The summed E-state index contributed by atoms with van der Waals surface area (Å²) in [4.78, 5) is 34.4. The van der Waals surface area contributed by atoms with Gasteiger partial charge in [-0.15, -0.1) is 6.58 Å². The van der Waals surface area contributed by atoms with Crippen LogP contribution in [0, 0.1) is 0 Å². The monoisotopic (exact) mass is 275 g/mol. The number of hydrogen-bond donors (Lipinski definition) is 1. The van der Waals surface area contributed by atoms with Crippen LogP contribution in [0.3, 0.4) is 0 Å². The number of aromatic nitrogens is 2. The Morgan fingerprint density at radius 3 is 2.60 bits per heavy atom. The van der Waals surface area contributed by atoms with Crippen molar-refractivity contribution in [3.8, 4) is 0 Å². The van der Waals surface area contributed by atoms with E-state index in [0.717, 1.165) is 25.3 Å². The molecule has 0 unspecified atom stereocenters. The Balaban J connectivity index is 1.96. The van der Waals surface area contributed by atoms with Crippen LogP contribution in [0.4, 0.5) is 5.82 Å². The fourth-order valence-electron chi connectivity index (χ4n) is 1.91. The third-order valence-electron chi connectivity index (χ3n) is 3.07. The Morgan fingerprint density at radius 2 is 2.05 bits per heavy atom. The van der Waals surface area contributed by atoms with Gasteiger partial charge in [0.15, 0.2) is 0 Å². The molecule has 20 heavy (non-hydrogen) atoms. The molecule has 0 radical (unpaired) electrons. The van der Waals surface area contributed by atoms with Gasteiger partial charge in [-0.25, -0.2) is 9.97 Å². The van der Waals surface area contributed by atoms with Gasteiger partial charge in [-0.05, 0) is 0 Å². The van der Waals surface area contributed by atoms with Crippen LogP contribution in [0.25, 0.3) is 0 Å². The highest BCUT2D eigenvalue weighted by molar-refractivity contribution is 5.92.